The number of benzene rings is 8. The molecular formula is C53H35N3O. The van der Waals surface area contributed by atoms with Gasteiger partial charge in [-0.3, -0.25) is 0 Å². The SMILES string of the molecule is C(=C/c1cc2ccccc2o1)/C(=C/c1ccccc1)c1ccccc1-c1cccc(-c2nc(-c3ccc4ccccc4c3)nc(-c3cccc4ccccc34)n2)c1. The average Bonchev–Trinajstić information content (AvgIpc) is 3.71. The third kappa shape index (κ3) is 6.93. The van der Waals surface area contributed by atoms with Crippen LogP contribution in [0.1, 0.15) is 16.9 Å². The van der Waals surface area contributed by atoms with Crippen molar-refractivity contribution in [3.63, 3.8) is 0 Å². The van der Waals surface area contributed by atoms with Crippen molar-refractivity contribution in [3.05, 3.63) is 217 Å². The van der Waals surface area contributed by atoms with Gasteiger partial charge in [0.2, 0.25) is 0 Å². The van der Waals surface area contributed by atoms with Gasteiger partial charge in [-0.15, -0.1) is 0 Å². The van der Waals surface area contributed by atoms with Crippen molar-refractivity contribution in [1.29, 1.82) is 0 Å². The zero-order valence-electron chi connectivity index (χ0n) is 31.0. The number of rotatable bonds is 8. The molecule has 0 saturated carbocycles. The third-order valence-electron chi connectivity index (χ3n) is 10.3. The van der Waals surface area contributed by atoms with Crippen LogP contribution < -0.4 is 0 Å². The number of para-hydroxylation sites is 1. The van der Waals surface area contributed by atoms with Crippen LogP contribution in [-0.4, -0.2) is 15.0 Å². The van der Waals surface area contributed by atoms with Crippen molar-refractivity contribution in [2.75, 3.05) is 0 Å². The Morgan fingerprint density at radius 1 is 0.421 bits per heavy atom. The second-order valence-corrected chi connectivity index (χ2v) is 14.1. The summed E-state index contributed by atoms with van der Waals surface area (Å²) in [5.41, 5.74) is 9.08. The lowest BCUT2D eigenvalue weighted by Crippen LogP contribution is -2.01. The molecule has 2 aromatic heterocycles. The monoisotopic (exact) mass is 729 g/mol. The van der Waals surface area contributed by atoms with Crippen LogP contribution in [0.5, 0.6) is 0 Å². The largest absolute Gasteiger partial charge is 0.457 e. The molecule has 0 amide bonds. The van der Waals surface area contributed by atoms with Gasteiger partial charge in [0, 0.05) is 22.1 Å². The maximum absolute atomic E-state index is 6.18. The van der Waals surface area contributed by atoms with Gasteiger partial charge >= 0.3 is 0 Å². The smallest absolute Gasteiger partial charge is 0.164 e. The third-order valence-corrected chi connectivity index (χ3v) is 10.3. The van der Waals surface area contributed by atoms with Gasteiger partial charge in [-0.25, -0.2) is 15.0 Å². The Balaban J connectivity index is 1.10. The van der Waals surface area contributed by atoms with E-state index in [1.807, 2.05) is 24.3 Å². The van der Waals surface area contributed by atoms with Crippen LogP contribution in [-0.2, 0) is 0 Å². The van der Waals surface area contributed by atoms with Gasteiger partial charge in [-0.05, 0) is 85.8 Å². The van der Waals surface area contributed by atoms with Crippen LogP contribution in [0.15, 0.2) is 205 Å². The molecule has 4 nitrogen and oxygen atoms in total. The topological polar surface area (TPSA) is 51.8 Å². The van der Waals surface area contributed by atoms with Crippen LogP contribution >= 0.6 is 0 Å². The molecule has 0 unspecified atom stereocenters. The van der Waals surface area contributed by atoms with Gasteiger partial charge in [-0.1, -0.05) is 176 Å². The van der Waals surface area contributed by atoms with E-state index in [-0.39, 0.29) is 0 Å². The number of fused-ring (bicyclic) bond motifs is 3. The summed E-state index contributed by atoms with van der Waals surface area (Å²) < 4.78 is 6.18. The Kier molecular flexibility index (Phi) is 8.82. The fraction of sp³-hybridized carbons (Fsp3) is 0. The average molecular weight is 730 g/mol. The first-order valence-electron chi connectivity index (χ1n) is 19.1. The predicted octanol–water partition coefficient (Wildman–Crippen LogP) is 13.8. The summed E-state index contributed by atoms with van der Waals surface area (Å²) in [6.07, 6.45) is 6.42. The first-order valence-corrected chi connectivity index (χ1v) is 19.1. The van der Waals surface area contributed by atoms with E-state index in [9.17, 15) is 0 Å². The van der Waals surface area contributed by atoms with E-state index in [0.29, 0.717) is 17.5 Å². The summed E-state index contributed by atoms with van der Waals surface area (Å²) in [5, 5.41) is 5.61. The molecule has 0 aliphatic carbocycles. The predicted molar refractivity (Wildman–Crippen MR) is 236 cm³/mol. The summed E-state index contributed by atoms with van der Waals surface area (Å²) >= 11 is 0. The lowest BCUT2D eigenvalue weighted by Gasteiger charge is -2.14. The molecule has 8 aromatic carbocycles. The lowest BCUT2D eigenvalue weighted by atomic mass is 9.92. The van der Waals surface area contributed by atoms with Crippen LogP contribution in [0, 0.1) is 0 Å². The molecule has 0 aliphatic heterocycles. The maximum Gasteiger partial charge on any atom is 0.164 e. The molecule has 0 saturated heterocycles. The van der Waals surface area contributed by atoms with E-state index in [0.717, 1.165) is 77.4 Å². The van der Waals surface area contributed by atoms with E-state index < -0.39 is 0 Å². The molecule has 57 heavy (non-hydrogen) atoms. The summed E-state index contributed by atoms with van der Waals surface area (Å²) in [6.45, 7) is 0. The zero-order valence-corrected chi connectivity index (χ0v) is 31.0. The van der Waals surface area contributed by atoms with Gasteiger partial charge < -0.3 is 4.42 Å². The molecule has 0 radical (unpaired) electrons. The molecule has 268 valence electrons. The Morgan fingerprint density at radius 3 is 1.91 bits per heavy atom. The van der Waals surface area contributed by atoms with Crippen molar-refractivity contribution in [3.8, 4) is 45.3 Å². The number of allylic oxidation sites excluding steroid dienone is 2. The Labute approximate surface area is 330 Å². The van der Waals surface area contributed by atoms with Crippen molar-refractivity contribution >= 4 is 50.2 Å². The fourth-order valence-electron chi connectivity index (χ4n) is 7.52. The van der Waals surface area contributed by atoms with E-state index in [1.165, 1.54) is 5.39 Å². The van der Waals surface area contributed by atoms with Crippen LogP contribution in [0.25, 0.3) is 95.5 Å². The van der Waals surface area contributed by atoms with E-state index in [1.54, 1.807) is 0 Å². The van der Waals surface area contributed by atoms with E-state index in [2.05, 4.69) is 188 Å². The van der Waals surface area contributed by atoms with Gasteiger partial charge in [0.25, 0.3) is 0 Å². The number of hydrogen-bond acceptors (Lipinski definition) is 4. The van der Waals surface area contributed by atoms with Crippen LogP contribution in [0.2, 0.25) is 0 Å². The van der Waals surface area contributed by atoms with Gasteiger partial charge in [0.15, 0.2) is 17.5 Å². The molecule has 10 rings (SSSR count). The summed E-state index contributed by atoms with van der Waals surface area (Å²) in [4.78, 5) is 15.5. The molecule has 2 heterocycles. The highest BCUT2D eigenvalue weighted by atomic mass is 16.3. The minimum absolute atomic E-state index is 0.611. The van der Waals surface area contributed by atoms with Gasteiger partial charge in [0.05, 0.1) is 0 Å². The minimum atomic E-state index is 0.611. The first-order chi connectivity index (χ1) is 28.2. The second-order valence-electron chi connectivity index (χ2n) is 14.1. The highest BCUT2D eigenvalue weighted by molar-refractivity contribution is 5.97. The molecular weight excluding hydrogens is 695 g/mol. The van der Waals surface area contributed by atoms with E-state index >= 15 is 0 Å². The van der Waals surface area contributed by atoms with Crippen molar-refractivity contribution in [2.45, 2.75) is 0 Å². The molecule has 0 aliphatic rings. The molecule has 0 bridgehead atoms. The molecule has 10 aromatic rings. The molecule has 0 atom stereocenters. The fourth-order valence-corrected chi connectivity index (χ4v) is 7.52. The zero-order chi connectivity index (χ0) is 38.0. The number of hydrogen-bond donors (Lipinski definition) is 0. The van der Waals surface area contributed by atoms with Crippen LogP contribution in [0.3, 0.4) is 0 Å². The summed E-state index contributed by atoms with van der Waals surface area (Å²) in [5.74, 6) is 2.67. The first kappa shape index (κ1) is 33.8. The highest BCUT2D eigenvalue weighted by Crippen LogP contribution is 2.35. The molecule has 0 fully saturated rings. The van der Waals surface area contributed by atoms with Crippen molar-refractivity contribution < 1.29 is 4.42 Å². The van der Waals surface area contributed by atoms with E-state index in [4.69, 9.17) is 19.4 Å². The van der Waals surface area contributed by atoms with Gasteiger partial charge in [-0.2, -0.15) is 0 Å². The van der Waals surface area contributed by atoms with Crippen molar-refractivity contribution in [1.82, 2.24) is 15.0 Å². The molecule has 4 heteroatoms. The Morgan fingerprint density at radius 2 is 1.05 bits per heavy atom. The second kappa shape index (κ2) is 14.9. The standard InChI is InChI=1S/C53H35N3O/c1-2-14-36(15-3-1)32-41(30-31-45-35-42-19-7-11-27-50(42)57-45)48-25-10-9-24-47(48)40-21-12-22-43(34-40)51-54-52(44-29-28-37-16-4-5-18-39(37)33-44)56-53(55-51)49-26-13-20-38-17-6-8-23-46(38)49/h1-35H/b31-30-,41-32-. The number of nitrogens with zero attached hydrogens (tertiary/aromatic N) is 3. The maximum atomic E-state index is 6.18. The molecule has 0 spiro atoms. The quantitative estimate of drug-likeness (QED) is 0.115. The van der Waals surface area contributed by atoms with Crippen LogP contribution in [0.4, 0.5) is 0 Å². The summed E-state index contributed by atoms with van der Waals surface area (Å²) in [6, 6.07) is 67.1. The number of furan rings is 1. The highest BCUT2D eigenvalue weighted by Gasteiger charge is 2.16. The lowest BCUT2D eigenvalue weighted by molar-refractivity contribution is 0.604. The number of aromatic nitrogens is 3. The minimum Gasteiger partial charge on any atom is -0.457 e. The molecule has 0 N–H and O–H groups in total. The Hall–Kier alpha value is -7.69. The summed E-state index contributed by atoms with van der Waals surface area (Å²) in [7, 11) is 0. The normalized spacial score (nSPS) is 11.9. The van der Waals surface area contributed by atoms with Crippen molar-refractivity contribution in [2.24, 2.45) is 0 Å². The van der Waals surface area contributed by atoms with Gasteiger partial charge in [0.1, 0.15) is 11.3 Å². The Bertz CT molecular complexity index is 3100.